The number of likely N-dealkylation sites (tertiary alicyclic amines) is 1. The lowest BCUT2D eigenvalue weighted by Crippen LogP contribution is -2.49. The molecule has 2 N–H and O–H groups in total. The van der Waals surface area contributed by atoms with E-state index < -0.39 is 25.3 Å². The van der Waals surface area contributed by atoms with E-state index in [0.29, 0.717) is 19.5 Å². The number of amides is 1. The van der Waals surface area contributed by atoms with Crippen LogP contribution >= 0.6 is 12.4 Å². The van der Waals surface area contributed by atoms with Crippen LogP contribution < -0.4 is 5.73 Å². The second-order valence-electron chi connectivity index (χ2n) is 4.38. The van der Waals surface area contributed by atoms with Crippen molar-refractivity contribution in [3.63, 3.8) is 0 Å². The topological polar surface area (TPSA) is 55.6 Å². The number of carbonyl (C=O) groups is 1. The minimum atomic E-state index is -4.39. The first-order chi connectivity index (χ1) is 7.79. The van der Waals surface area contributed by atoms with E-state index in [2.05, 4.69) is 4.74 Å². The molecule has 18 heavy (non-hydrogen) atoms. The van der Waals surface area contributed by atoms with E-state index in [9.17, 15) is 18.0 Å². The van der Waals surface area contributed by atoms with Gasteiger partial charge in [-0.1, -0.05) is 6.92 Å². The van der Waals surface area contributed by atoms with Gasteiger partial charge >= 0.3 is 6.18 Å². The first-order valence-electron chi connectivity index (χ1n) is 5.47. The molecule has 1 aliphatic rings. The summed E-state index contributed by atoms with van der Waals surface area (Å²) in [6.07, 6.45) is -3.72. The van der Waals surface area contributed by atoms with Gasteiger partial charge in [0.25, 0.3) is 0 Å². The number of nitrogens with two attached hydrogens (primary N) is 1. The summed E-state index contributed by atoms with van der Waals surface area (Å²) in [5.41, 5.74) is 5.78. The monoisotopic (exact) mass is 290 g/mol. The highest BCUT2D eigenvalue weighted by Gasteiger charge is 2.29. The number of alkyl halides is 3. The van der Waals surface area contributed by atoms with Crippen molar-refractivity contribution in [1.82, 2.24) is 4.90 Å². The molecule has 0 spiro atoms. The Kier molecular flexibility index (Phi) is 6.94. The Bertz CT molecular complexity index is 276. The number of hydrogen-bond donors (Lipinski definition) is 1. The molecule has 4 nitrogen and oxygen atoms in total. The average Bonchev–Trinajstić information content (AvgIpc) is 2.20. The zero-order valence-corrected chi connectivity index (χ0v) is 10.9. The maximum Gasteiger partial charge on any atom is 0.411 e. The van der Waals surface area contributed by atoms with Gasteiger partial charge in [0.05, 0.1) is 0 Å². The Hall–Kier alpha value is -0.530. The lowest BCUT2D eigenvalue weighted by Gasteiger charge is -2.35. The lowest BCUT2D eigenvalue weighted by atomic mass is 9.95. The molecule has 0 bridgehead atoms. The van der Waals surface area contributed by atoms with Crippen LogP contribution in [-0.4, -0.2) is 49.3 Å². The molecule has 1 rings (SSSR count). The number of ether oxygens (including phenoxy) is 1. The van der Waals surface area contributed by atoms with Gasteiger partial charge in [0, 0.05) is 19.1 Å². The Labute approximate surface area is 110 Å². The molecule has 1 saturated heterocycles. The summed E-state index contributed by atoms with van der Waals surface area (Å²) in [4.78, 5) is 13.0. The van der Waals surface area contributed by atoms with Gasteiger partial charge < -0.3 is 15.4 Å². The molecular weight excluding hydrogens is 273 g/mol. The van der Waals surface area contributed by atoms with Gasteiger partial charge in [-0.15, -0.1) is 12.4 Å². The van der Waals surface area contributed by atoms with Gasteiger partial charge in [0.2, 0.25) is 5.91 Å². The number of piperidine rings is 1. The highest BCUT2D eigenvalue weighted by atomic mass is 35.5. The van der Waals surface area contributed by atoms with Gasteiger partial charge in [0.15, 0.2) is 0 Å². The number of halogens is 4. The number of nitrogens with zero attached hydrogens (tertiary/aromatic N) is 1. The van der Waals surface area contributed by atoms with Crippen molar-refractivity contribution in [2.75, 3.05) is 26.3 Å². The minimum Gasteiger partial charge on any atom is -0.362 e. The third-order valence-corrected chi connectivity index (χ3v) is 2.82. The first kappa shape index (κ1) is 17.5. The maximum absolute atomic E-state index is 11.8. The van der Waals surface area contributed by atoms with E-state index in [-0.39, 0.29) is 24.4 Å². The summed E-state index contributed by atoms with van der Waals surface area (Å²) in [7, 11) is 0. The van der Waals surface area contributed by atoms with Crippen LogP contribution in [0.25, 0.3) is 0 Å². The molecule has 108 valence electrons. The normalized spacial score (nSPS) is 24.6. The maximum atomic E-state index is 11.8. The summed E-state index contributed by atoms with van der Waals surface area (Å²) in [5.74, 6) is -0.247. The molecule has 0 radical (unpaired) electrons. The van der Waals surface area contributed by atoms with Crippen LogP contribution in [-0.2, 0) is 9.53 Å². The highest BCUT2D eigenvalue weighted by Crippen LogP contribution is 2.16. The van der Waals surface area contributed by atoms with Crippen molar-refractivity contribution in [1.29, 1.82) is 0 Å². The predicted molar refractivity (Wildman–Crippen MR) is 62.5 cm³/mol. The number of carbonyl (C=O) groups excluding carboxylic acids is 1. The summed E-state index contributed by atoms with van der Waals surface area (Å²) in [6.45, 7) is 0.971. The molecular formula is C10H18ClF3N2O2. The van der Waals surface area contributed by atoms with Gasteiger partial charge in [-0.25, -0.2) is 0 Å². The Morgan fingerprint density at radius 1 is 1.50 bits per heavy atom. The fourth-order valence-electron chi connectivity index (χ4n) is 1.74. The second-order valence-corrected chi connectivity index (χ2v) is 4.38. The van der Waals surface area contributed by atoms with Crippen LogP contribution in [0.4, 0.5) is 13.2 Å². The van der Waals surface area contributed by atoms with Crippen molar-refractivity contribution >= 4 is 18.3 Å². The van der Waals surface area contributed by atoms with Crippen LogP contribution in [0, 0.1) is 5.92 Å². The van der Waals surface area contributed by atoms with Crippen molar-refractivity contribution in [2.24, 2.45) is 11.7 Å². The molecule has 0 aromatic carbocycles. The van der Waals surface area contributed by atoms with E-state index in [4.69, 9.17) is 5.73 Å². The van der Waals surface area contributed by atoms with Gasteiger partial charge in [-0.05, 0) is 12.3 Å². The van der Waals surface area contributed by atoms with Gasteiger partial charge in [0.1, 0.15) is 13.2 Å². The van der Waals surface area contributed by atoms with E-state index in [0.717, 1.165) is 0 Å². The van der Waals surface area contributed by atoms with E-state index >= 15 is 0 Å². The number of hydrogen-bond acceptors (Lipinski definition) is 3. The molecule has 0 aromatic heterocycles. The minimum absolute atomic E-state index is 0. The van der Waals surface area contributed by atoms with Gasteiger partial charge in [-0.3, -0.25) is 4.79 Å². The SMILES string of the molecule is CC1CN(C(=O)COCC(F)(F)F)CCC1N.Cl. The van der Waals surface area contributed by atoms with Crippen LogP contribution in [0.15, 0.2) is 0 Å². The molecule has 2 unspecified atom stereocenters. The standard InChI is InChI=1S/C10H17F3N2O2.ClH/c1-7-4-15(3-2-8(7)14)9(16)5-17-6-10(11,12)13;/h7-8H,2-6,14H2,1H3;1H. The molecule has 2 atom stereocenters. The third-order valence-electron chi connectivity index (χ3n) is 2.82. The quantitative estimate of drug-likeness (QED) is 0.849. The van der Waals surface area contributed by atoms with Crippen LogP contribution in [0.5, 0.6) is 0 Å². The molecule has 1 amide bonds. The van der Waals surface area contributed by atoms with Crippen molar-refractivity contribution in [3.8, 4) is 0 Å². The van der Waals surface area contributed by atoms with E-state index in [1.54, 1.807) is 0 Å². The fourth-order valence-corrected chi connectivity index (χ4v) is 1.74. The third kappa shape index (κ3) is 5.88. The Balaban J connectivity index is 0.00000289. The summed E-state index contributed by atoms with van der Waals surface area (Å²) >= 11 is 0. The molecule has 0 aliphatic carbocycles. The predicted octanol–water partition coefficient (Wildman–Crippen LogP) is 1.18. The van der Waals surface area contributed by atoms with Gasteiger partial charge in [-0.2, -0.15) is 13.2 Å². The summed E-state index contributed by atoms with van der Waals surface area (Å²) in [6, 6.07) is 0.0511. The first-order valence-corrected chi connectivity index (χ1v) is 5.47. The van der Waals surface area contributed by atoms with Crippen LogP contribution in [0.1, 0.15) is 13.3 Å². The highest BCUT2D eigenvalue weighted by molar-refractivity contribution is 5.85. The fraction of sp³-hybridized carbons (Fsp3) is 0.900. The van der Waals surface area contributed by atoms with Crippen LogP contribution in [0.2, 0.25) is 0 Å². The largest absolute Gasteiger partial charge is 0.411 e. The molecule has 8 heteroatoms. The zero-order chi connectivity index (χ0) is 13.1. The van der Waals surface area contributed by atoms with Crippen molar-refractivity contribution < 1.29 is 22.7 Å². The lowest BCUT2D eigenvalue weighted by molar-refractivity contribution is -0.178. The average molecular weight is 291 g/mol. The Morgan fingerprint density at radius 2 is 2.11 bits per heavy atom. The molecule has 0 saturated carbocycles. The molecule has 1 heterocycles. The van der Waals surface area contributed by atoms with E-state index in [1.165, 1.54) is 4.90 Å². The van der Waals surface area contributed by atoms with Crippen molar-refractivity contribution in [3.05, 3.63) is 0 Å². The Morgan fingerprint density at radius 3 is 2.61 bits per heavy atom. The van der Waals surface area contributed by atoms with E-state index in [1.807, 2.05) is 6.92 Å². The smallest absolute Gasteiger partial charge is 0.362 e. The number of rotatable bonds is 3. The van der Waals surface area contributed by atoms with Crippen molar-refractivity contribution in [2.45, 2.75) is 25.6 Å². The molecule has 1 aliphatic heterocycles. The molecule has 0 aromatic rings. The zero-order valence-electron chi connectivity index (χ0n) is 10.1. The van der Waals surface area contributed by atoms with Crippen LogP contribution in [0.3, 0.4) is 0 Å². The summed E-state index contributed by atoms with van der Waals surface area (Å²) in [5, 5.41) is 0. The molecule has 1 fully saturated rings. The second kappa shape index (κ2) is 7.16. The summed E-state index contributed by atoms with van der Waals surface area (Å²) < 4.78 is 39.7.